The summed E-state index contributed by atoms with van der Waals surface area (Å²) in [6, 6.07) is 10.6. The minimum Gasteiger partial charge on any atom is -0.376 e. The number of nitrogens with zero attached hydrogens (tertiary/aromatic N) is 3. The summed E-state index contributed by atoms with van der Waals surface area (Å²) in [5, 5.41) is 3.48. The summed E-state index contributed by atoms with van der Waals surface area (Å²) < 4.78 is 12.0. The molecule has 1 unspecified atom stereocenters. The monoisotopic (exact) mass is 558 g/mol. The van der Waals surface area contributed by atoms with Gasteiger partial charge in [0.15, 0.2) is 5.96 Å². The van der Waals surface area contributed by atoms with Crippen molar-refractivity contribution in [3.8, 4) is 0 Å². The van der Waals surface area contributed by atoms with Crippen molar-refractivity contribution in [3.63, 3.8) is 0 Å². The maximum Gasteiger partial charge on any atom is 0.193 e. The molecule has 2 heterocycles. The Bertz CT molecular complexity index is 632. The van der Waals surface area contributed by atoms with Gasteiger partial charge in [-0.15, -0.1) is 24.0 Å². The third-order valence-electron chi connectivity index (χ3n) is 6.23. The number of piperidine rings is 1. The number of unbranched alkanes of at least 4 members (excludes halogenated alkanes) is 1. The minimum absolute atomic E-state index is 0. The molecule has 1 atom stereocenters. The van der Waals surface area contributed by atoms with Crippen LogP contribution in [0.25, 0.3) is 0 Å². The van der Waals surface area contributed by atoms with Crippen LogP contribution in [0.4, 0.5) is 5.69 Å². The summed E-state index contributed by atoms with van der Waals surface area (Å²) in [6.07, 6.45) is 8.68. The average molecular weight is 559 g/mol. The van der Waals surface area contributed by atoms with Gasteiger partial charge in [0.25, 0.3) is 0 Å². The lowest BCUT2D eigenvalue weighted by Crippen LogP contribution is -2.47. The van der Waals surface area contributed by atoms with Gasteiger partial charge in [0.05, 0.1) is 18.8 Å². The number of para-hydroxylation sites is 1. The van der Waals surface area contributed by atoms with Gasteiger partial charge in [-0.2, -0.15) is 0 Å². The highest BCUT2D eigenvalue weighted by Crippen LogP contribution is 2.18. The summed E-state index contributed by atoms with van der Waals surface area (Å²) >= 11 is 0. The highest BCUT2D eigenvalue weighted by Gasteiger charge is 2.23. The molecule has 1 N–H and O–H groups in total. The topological polar surface area (TPSA) is 49.3 Å². The number of anilines is 1. The van der Waals surface area contributed by atoms with E-state index in [4.69, 9.17) is 14.5 Å². The van der Waals surface area contributed by atoms with Crippen molar-refractivity contribution in [2.45, 2.75) is 64.1 Å². The molecule has 0 saturated carbocycles. The Labute approximate surface area is 212 Å². The fraction of sp³-hybridized carbons (Fsp3) is 0.720. The quantitative estimate of drug-likeness (QED) is 0.198. The molecular formula is C25H43IN4O2. The Hall–Kier alpha value is -1.06. The zero-order valence-corrected chi connectivity index (χ0v) is 22.3. The van der Waals surface area contributed by atoms with Crippen LogP contribution >= 0.6 is 24.0 Å². The van der Waals surface area contributed by atoms with E-state index in [1.807, 2.05) is 0 Å². The van der Waals surface area contributed by atoms with E-state index >= 15 is 0 Å². The van der Waals surface area contributed by atoms with Crippen LogP contribution in [0, 0.1) is 0 Å². The van der Waals surface area contributed by atoms with Gasteiger partial charge >= 0.3 is 0 Å². The molecule has 2 fully saturated rings. The van der Waals surface area contributed by atoms with E-state index in [1.54, 1.807) is 0 Å². The maximum atomic E-state index is 6.17. The lowest BCUT2D eigenvalue weighted by molar-refractivity contribution is -0.0721. The first-order valence-corrected chi connectivity index (χ1v) is 12.3. The Morgan fingerprint density at radius 1 is 1.16 bits per heavy atom. The van der Waals surface area contributed by atoms with Crippen molar-refractivity contribution in [1.82, 2.24) is 10.2 Å². The lowest BCUT2D eigenvalue weighted by Gasteiger charge is -2.35. The fourth-order valence-corrected chi connectivity index (χ4v) is 4.30. The van der Waals surface area contributed by atoms with Crippen molar-refractivity contribution in [2.24, 2.45) is 4.99 Å². The summed E-state index contributed by atoms with van der Waals surface area (Å²) in [7, 11) is 2.16. The second-order valence-electron chi connectivity index (χ2n) is 8.71. The summed E-state index contributed by atoms with van der Waals surface area (Å²) in [6.45, 7) is 8.67. The van der Waals surface area contributed by atoms with Gasteiger partial charge in [-0.1, -0.05) is 18.2 Å². The smallest absolute Gasteiger partial charge is 0.193 e. The number of ether oxygens (including phenoxy) is 2. The predicted molar refractivity (Wildman–Crippen MR) is 144 cm³/mol. The van der Waals surface area contributed by atoms with E-state index in [1.165, 1.54) is 18.5 Å². The molecule has 2 aliphatic rings. The number of likely N-dealkylation sites (tertiary alicyclic amines) is 1. The van der Waals surface area contributed by atoms with Crippen LogP contribution in [-0.4, -0.2) is 76.1 Å². The number of guanidine groups is 1. The van der Waals surface area contributed by atoms with Crippen LogP contribution in [0.3, 0.4) is 0 Å². The highest BCUT2D eigenvalue weighted by molar-refractivity contribution is 14.0. The maximum absolute atomic E-state index is 6.17. The highest BCUT2D eigenvalue weighted by atomic mass is 127. The van der Waals surface area contributed by atoms with Crippen LogP contribution in [0.2, 0.25) is 0 Å². The second-order valence-corrected chi connectivity index (χ2v) is 8.71. The number of benzene rings is 1. The normalized spacial score (nSPS) is 20.0. The van der Waals surface area contributed by atoms with Gasteiger partial charge in [-0.25, -0.2) is 0 Å². The van der Waals surface area contributed by atoms with E-state index in [9.17, 15) is 0 Å². The standard InChI is InChI=1S/C25H42N4O2.HI/c1-3-26-25(27-16-8-9-17-28(2)22-11-5-4-6-12-22)29-18-14-23(15-19-29)31-21-24-13-7-10-20-30-24;/h4-6,11-12,23-24H,3,7-10,13-21H2,1-2H3,(H,26,27);1H. The molecule has 0 aromatic heterocycles. The molecule has 7 heteroatoms. The number of hydrogen-bond acceptors (Lipinski definition) is 4. The largest absolute Gasteiger partial charge is 0.376 e. The molecule has 0 radical (unpaired) electrons. The van der Waals surface area contributed by atoms with Crippen LogP contribution in [0.15, 0.2) is 35.3 Å². The van der Waals surface area contributed by atoms with Crippen molar-refractivity contribution in [1.29, 1.82) is 0 Å². The van der Waals surface area contributed by atoms with Crippen molar-refractivity contribution in [2.75, 3.05) is 57.9 Å². The van der Waals surface area contributed by atoms with Gasteiger partial charge in [-0.05, 0) is 64.0 Å². The van der Waals surface area contributed by atoms with E-state index in [0.717, 1.165) is 84.0 Å². The minimum atomic E-state index is 0. The predicted octanol–water partition coefficient (Wildman–Crippen LogP) is 4.54. The molecule has 0 bridgehead atoms. The first-order chi connectivity index (χ1) is 15.3. The Kier molecular flexibility index (Phi) is 13.4. The van der Waals surface area contributed by atoms with Gasteiger partial charge in [0, 0.05) is 52.1 Å². The third-order valence-corrected chi connectivity index (χ3v) is 6.23. The first kappa shape index (κ1) is 27.2. The Morgan fingerprint density at radius 3 is 2.62 bits per heavy atom. The zero-order chi connectivity index (χ0) is 21.7. The van der Waals surface area contributed by atoms with Crippen molar-refractivity contribution >= 4 is 35.6 Å². The van der Waals surface area contributed by atoms with E-state index in [0.29, 0.717) is 12.2 Å². The number of halogens is 1. The first-order valence-electron chi connectivity index (χ1n) is 12.3. The molecule has 32 heavy (non-hydrogen) atoms. The van der Waals surface area contributed by atoms with Crippen LogP contribution in [-0.2, 0) is 9.47 Å². The molecule has 2 aliphatic heterocycles. The molecule has 3 rings (SSSR count). The van der Waals surface area contributed by atoms with Crippen LogP contribution < -0.4 is 10.2 Å². The second kappa shape index (κ2) is 15.7. The fourth-order valence-electron chi connectivity index (χ4n) is 4.30. The van der Waals surface area contributed by atoms with Gasteiger partial charge < -0.3 is 24.6 Å². The molecular weight excluding hydrogens is 515 g/mol. The lowest BCUT2D eigenvalue weighted by atomic mass is 10.1. The average Bonchev–Trinajstić information content (AvgIpc) is 2.83. The number of hydrogen-bond donors (Lipinski definition) is 1. The summed E-state index contributed by atoms with van der Waals surface area (Å²) in [5.74, 6) is 1.06. The SMILES string of the molecule is CCNC(=NCCCCN(C)c1ccccc1)N1CCC(OCC2CCCCO2)CC1.I. The Morgan fingerprint density at radius 2 is 1.94 bits per heavy atom. The Balaban J connectivity index is 0.00000363. The number of aliphatic imine (C=N–C) groups is 1. The molecule has 6 nitrogen and oxygen atoms in total. The van der Waals surface area contributed by atoms with Gasteiger partial charge in [0.2, 0.25) is 0 Å². The van der Waals surface area contributed by atoms with E-state index < -0.39 is 0 Å². The molecule has 2 saturated heterocycles. The van der Waals surface area contributed by atoms with E-state index in [2.05, 4.69) is 59.4 Å². The van der Waals surface area contributed by atoms with Crippen molar-refractivity contribution in [3.05, 3.63) is 30.3 Å². The number of rotatable bonds is 10. The third kappa shape index (κ3) is 9.43. The van der Waals surface area contributed by atoms with E-state index in [-0.39, 0.29) is 24.0 Å². The van der Waals surface area contributed by atoms with Gasteiger partial charge in [0.1, 0.15) is 0 Å². The molecule has 182 valence electrons. The van der Waals surface area contributed by atoms with Gasteiger partial charge in [-0.3, -0.25) is 4.99 Å². The molecule has 0 spiro atoms. The molecule has 0 amide bonds. The molecule has 1 aromatic carbocycles. The summed E-state index contributed by atoms with van der Waals surface area (Å²) in [5.41, 5.74) is 1.28. The summed E-state index contributed by atoms with van der Waals surface area (Å²) in [4.78, 5) is 9.62. The molecule has 0 aliphatic carbocycles. The molecule has 1 aromatic rings. The zero-order valence-electron chi connectivity index (χ0n) is 20.0. The van der Waals surface area contributed by atoms with Crippen LogP contribution in [0.5, 0.6) is 0 Å². The van der Waals surface area contributed by atoms with Crippen LogP contribution in [0.1, 0.15) is 51.9 Å². The van der Waals surface area contributed by atoms with Crippen molar-refractivity contribution < 1.29 is 9.47 Å². The number of nitrogens with one attached hydrogen (secondary N) is 1.